The molecule has 1 aliphatic heterocycles. The van der Waals surface area contributed by atoms with Gasteiger partial charge in [-0.05, 0) is 0 Å². The van der Waals surface area contributed by atoms with Crippen LogP contribution in [0.3, 0.4) is 0 Å². The molecule has 84 valence electrons. The number of rotatable bonds is 0. The van der Waals surface area contributed by atoms with E-state index in [1.165, 1.54) is 0 Å². The second-order valence-electron chi connectivity index (χ2n) is 3.87. The summed E-state index contributed by atoms with van der Waals surface area (Å²) in [7, 11) is 0. The summed E-state index contributed by atoms with van der Waals surface area (Å²) in [5.74, 6) is -12.2. The second kappa shape index (κ2) is 2.61. The highest BCUT2D eigenvalue weighted by atomic mass is 19.2. The SMILES string of the molecule is CC1(F)OC(C)(F)C(C)(F)OC1(C)F. The zero-order chi connectivity index (χ0) is 11.4. The van der Waals surface area contributed by atoms with Gasteiger partial charge >= 0.3 is 0 Å². The van der Waals surface area contributed by atoms with Crippen molar-refractivity contribution in [1.82, 2.24) is 0 Å². The second-order valence-corrected chi connectivity index (χ2v) is 3.87. The van der Waals surface area contributed by atoms with Gasteiger partial charge in [-0.3, -0.25) is 9.47 Å². The molecule has 0 aromatic heterocycles. The Morgan fingerprint density at radius 2 is 0.714 bits per heavy atom. The summed E-state index contributed by atoms with van der Waals surface area (Å²) in [6.45, 7) is 2.56. The van der Waals surface area contributed by atoms with Gasteiger partial charge in [-0.2, -0.15) is 0 Å². The summed E-state index contributed by atoms with van der Waals surface area (Å²) in [6, 6.07) is 0. The molecule has 14 heavy (non-hydrogen) atoms. The lowest BCUT2D eigenvalue weighted by Gasteiger charge is -2.49. The summed E-state index contributed by atoms with van der Waals surface area (Å²) < 4.78 is 61.6. The van der Waals surface area contributed by atoms with Crippen LogP contribution in [0.25, 0.3) is 0 Å². The zero-order valence-corrected chi connectivity index (χ0v) is 8.33. The molecule has 4 atom stereocenters. The van der Waals surface area contributed by atoms with E-state index in [0.717, 1.165) is 0 Å². The predicted octanol–water partition coefficient (Wildman–Crippen LogP) is 2.78. The third-order valence-corrected chi connectivity index (χ3v) is 2.36. The fourth-order valence-electron chi connectivity index (χ4n) is 1.08. The highest BCUT2D eigenvalue weighted by Crippen LogP contribution is 2.50. The lowest BCUT2D eigenvalue weighted by molar-refractivity contribution is -0.492. The molecule has 0 spiro atoms. The Balaban J connectivity index is 3.07. The van der Waals surface area contributed by atoms with Gasteiger partial charge in [-0.15, -0.1) is 0 Å². The fourth-order valence-corrected chi connectivity index (χ4v) is 1.08. The third-order valence-electron chi connectivity index (χ3n) is 2.36. The van der Waals surface area contributed by atoms with Crippen molar-refractivity contribution in [2.24, 2.45) is 0 Å². The average molecular weight is 216 g/mol. The maximum absolute atomic E-state index is 13.4. The first-order chi connectivity index (χ1) is 5.91. The minimum Gasteiger partial charge on any atom is -0.299 e. The van der Waals surface area contributed by atoms with Gasteiger partial charge in [0.15, 0.2) is 0 Å². The van der Waals surface area contributed by atoms with Crippen LogP contribution in [0.1, 0.15) is 27.7 Å². The Labute approximate surface area is 79.2 Å². The van der Waals surface area contributed by atoms with Crippen molar-refractivity contribution < 1.29 is 27.0 Å². The Morgan fingerprint density at radius 1 is 0.571 bits per heavy atom. The van der Waals surface area contributed by atoms with E-state index in [4.69, 9.17) is 0 Å². The lowest BCUT2D eigenvalue weighted by Crippen LogP contribution is -2.66. The first-order valence-corrected chi connectivity index (χ1v) is 4.07. The summed E-state index contributed by atoms with van der Waals surface area (Å²) in [5.41, 5.74) is 0. The first kappa shape index (κ1) is 11.7. The van der Waals surface area contributed by atoms with Gasteiger partial charge in [0.2, 0.25) is 0 Å². The molecule has 1 heterocycles. The van der Waals surface area contributed by atoms with Crippen molar-refractivity contribution in [2.75, 3.05) is 0 Å². The Morgan fingerprint density at radius 3 is 0.857 bits per heavy atom. The van der Waals surface area contributed by atoms with Gasteiger partial charge in [0.25, 0.3) is 23.4 Å². The quantitative estimate of drug-likeness (QED) is 0.579. The standard InChI is InChI=1S/C8H12F4O2/c1-5(9)6(2,10)14-8(4,12)7(3,11)13-5/h1-4H3. The molecule has 1 aliphatic rings. The minimum atomic E-state index is -3.04. The topological polar surface area (TPSA) is 18.5 Å². The summed E-state index contributed by atoms with van der Waals surface area (Å²) >= 11 is 0. The van der Waals surface area contributed by atoms with Crippen LogP contribution in [-0.2, 0) is 9.47 Å². The molecule has 0 aromatic carbocycles. The maximum Gasteiger partial charge on any atom is 0.268 e. The van der Waals surface area contributed by atoms with Gasteiger partial charge in [-0.1, -0.05) is 0 Å². The third kappa shape index (κ3) is 1.50. The van der Waals surface area contributed by atoms with Gasteiger partial charge < -0.3 is 0 Å². The number of hydrogen-bond donors (Lipinski definition) is 0. The van der Waals surface area contributed by atoms with Crippen molar-refractivity contribution in [3.05, 3.63) is 0 Å². The molecule has 0 aromatic rings. The van der Waals surface area contributed by atoms with Crippen LogP contribution in [0.4, 0.5) is 17.6 Å². The number of halogens is 4. The molecule has 2 nitrogen and oxygen atoms in total. The molecule has 0 amide bonds. The largest absolute Gasteiger partial charge is 0.299 e. The molecule has 1 saturated heterocycles. The van der Waals surface area contributed by atoms with Crippen LogP contribution in [0.2, 0.25) is 0 Å². The minimum absolute atomic E-state index is 0.639. The van der Waals surface area contributed by atoms with Gasteiger partial charge in [0.1, 0.15) is 0 Å². The van der Waals surface area contributed by atoms with E-state index in [-0.39, 0.29) is 0 Å². The van der Waals surface area contributed by atoms with Crippen molar-refractivity contribution >= 4 is 0 Å². The van der Waals surface area contributed by atoms with E-state index in [1.807, 2.05) is 0 Å². The van der Waals surface area contributed by atoms with E-state index in [1.54, 1.807) is 0 Å². The number of hydrogen-bond acceptors (Lipinski definition) is 2. The Kier molecular flexibility index (Phi) is 2.18. The number of ether oxygens (including phenoxy) is 2. The van der Waals surface area contributed by atoms with Crippen molar-refractivity contribution in [3.8, 4) is 0 Å². The molecule has 0 saturated carbocycles. The molecule has 0 radical (unpaired) electrons. The van der Waals surface area contributed by atoms with Crippen molar-refractivity contribution in [1.29, 1.82) is 0 Å². The van der Waals surface area contributed by atoms with Crippen molar-refractivity contribution in [2.45, 2.75) is 51.1 Å². The fraction of sp³-hybridized carbons (Fsp3) is 1.00. The monoisotopic (exact) mass is 216 g/mol. The van der Waals surface area contributed by atoms with E-state index in [2.05, 4.69) is 9.47 Å². The smallest absolute Gasteiger partial charge is 0.268 e. The number of alkyl halides is 4. The molecule has 4 unspecified atom stereocenters. The molecule has 0 N–H and O–H groups in total. The summed E-state index contributed by atoms with van der Waals surface area (Å²) in [6.07, 6.45) is 0. The van der Waals surface area contributed by atoms with E-state index in [9.17, 15) is 17.6 Å². The molecular formula is C8H12F4O2. The van der Waals surface area contributed by atoms with Gasteiger partial charge in [0, 0.05) is 27.7 Å². The van der Waals surface area contributed by atoms with Crippen LogP contribution in [0.5, 0.6) is 0 Å². The van der Waals surface area contributed by atoms with Crippen LogP contribution in [0.15, 0.2) is 0 Å². The normalized spacial score (nSPS) is 60.0. The summed E-state index contributed by atoms with van der Waals surface area (Å²) in [5, 5.41) is 0. The summed E-state index contributed by atoms with van der Waals surface area (Å²) in [4.78, 5) is 0. The highest BCUT2D eigenvalue weighted by Gasteiger charge is 2.67. The van der Waals surface area contributed by atoms with Gasteiger partial charge in [-0.25, -0.2) is 17.6 Å². The highest BCUT2D eigenvalue weighted by molar-refractivity contribution is 4.93. The van der Waals surface area contributed by atoms with Crippen LogP contribution in [0, 0.1) is 0 Å². The average Bonchev–Trinajstić information content (AvgIpc) is 1.78. The van der Waals surface area contributed by atoms with E-state index >= 15 is 0 Å². The molecule has 1 fully saturated rings. The molecule has 0 aliphatic carbocycles. The van der Waals surface area contributed by atoms with Crippen molar-refractivity contribution in [3.63, 3.8) is 0 Å². The van der Waals surface area contributed by atoms with Gasteiger partial charge in [0.05, 0.1) is 0 Å². The Bertz CT molecular complexity index is 198. The zero-order valence-electron chi connectivity index (χ0n) is 8.33. The van der Waals surface area contributed by atoms with E-state index < -0.39 is 23.4 Å². The molecule has 6 heteroatoms. The lowest BCUT2D eigenvalue weighted by atomic mass is 10.1. The molecular weight excluding hydrogens is 204 g/mol. The van der Waals surface area contributed by atoms with Crippen LogP contribution >= 0.6 is 0 Å². The molecule has 0 bridgehead atoms. The first-order valence-electron chi connectivity index (χ1n) is 4.07. The Hall–Kier alpha value is -0.360. The van der Waals surface area contributed by atoms with E-state index in [0.29, 0.717) is 27.7 Å². The van der Waals surface area contributed by atoms with Crippen LogP contribution in [-0.4, -0.2) is 23.4 Å². The molecule has 1 rings (SSSR count). The van der Waals surface area contributed by atoms with Crippen LogP contribution < -0.4 is 0 Å². The predicted molar refractivity (Wildman–Crippen MR) is 40.2 cm³/mol. The maximum atomic E-state index is 13.4.